The summed E-state index contributed by atoms with van der Waals surface area (Å²) in [6.07, 6.45) is 4.42. The lowest BCUT2D eigenvalue weighted by atomic mass is 9.94. The lowest BCUT2D eigenvalue weighted by Gasteiger charge is -2.31. The van der Waals surface area contributed by atoms with Crippen molar-refractivity contribution in [2.45, 2.75) is 35.7 Å². The Hall–Kier alpha value is -1.01. The molecule has 0 amide bonds. The molecule has 1 aromatic heterocycles. The molecule has 4 nitrogen and oxygen atoms in total. The number of halogens is 2. The minimum Gasteiger partial charge on any atom is -0.365 e. The van der Waals surface area contributed by atoms with Crippen LogP contribution in [0.25, 0.3) is 0 Å². The van der Waals surface area contributed by atoms with Crippen molar-refractivity contribution in [3.05, 3.63) is 40.1 Å². The zero-order valence-corrected chi connectivity index (χ0v) is 16.3. The highest BCUT2D eigenvalue weighted by molar-refractivity contribution is 7.99. The molecular weight excluding hydrogens is 375 g/mol. The zero-order valence-electron chi connectivity index (χ0n) is 13.9. The molecule has 1 aromatic carbocycles. The second kappa shape index (κ2) is 7.31. The highest BCUT2D eigenvalue weighted by Crippen LogP contribution is 2.38. The van der Waals surface area contributed by atoms with Crippen molar-refractivity contribution >= 4 is 40.8 Å². The second-order valence-electron chi connectivity index (χ2n) is 6.73. The topological polar surface area (TPSA) is 49.8 Å². The Labute approximate surface area is 162 Å². The molecule has 25 heavy (non-hydrogen) atoms. The largest absolute Gasteiger partial charge is 0.365 e. The molecule has 4 rings (SSSR count). The highest BCUT2D eigenvalue weighted by Gasteiger charge is 2.39. The Kier molecular flexibility index (Phi) is 5.09. The number of hydrogen-bond acceptors (Lipinski definition) is 5. The lowest BCUT2D eigenvalue weighted by Crippen LogP contribution is -2.45. The van der Waals surface area contributed by atoms with E-state index in [1.807, 2.05) is 25.3 Å². The molecule has 2 aromatic rings. The molecule has 2 heterocycles. The van der Waals surface area contributed by atoms with E-state index in [1.165, 1.54) is 24.6 Å². The zero-order chi connectivity index (χ0) is 17.4. The number of aromatic nitrogens is 2. The molecule has 1 saturated heterocycles. The van der Waals surface area contributed by atoms with Gasteiger partial charge >= 0.3 is 0 Å². The van der Waals surface area contributed by atoms with Gasteiger partial charge in [-0.2, -0.15) is 0 Å². The van der Waals surface area contributed by atoms with Gasteiger partial charge in [0, 0.05) is 10.9 Å². The number of rotatable bonds is 4. The van der Waals surface area contributed by atoms with Gasteiger partial charge in [-0.15, -0.1) is 0 Å². The van der Waals surface area contributed by atoms with Crippen LogP contribution in [-0.2, 0) is 0 Å². The van der Waals surface area contributed by atoms with Crippen molar-refractivity contribution in [3.63, 3.8) is 0 Å². The molecule has 2 atom stereocenters. The Morgan fingerprint density at radius 3 is 2.68 bits per heavy atom. The monoisotopic (exact) mass is 394 g/mol. The maximum Gasteiger partial charge on any atom is 0.145 e. The Bertz CT molecular complexity index is 770. The standard InChI is InChI=1S/C18H20Cl2N4S/c1-10-18(25-14-4-2-3-13(19)16(14)20)22-9-15(23-10)24-17-11-5-6-12(17)8-21-7-11/h2-4,9,11-12,17,21H,5-8H2,1H3,(H,23,24). The van der Waals surface area contributed by atoms with Crippen molar-refractivity contribution in [2.75, 3.05) is 18.4 Å². The number of hydrogen-bond donors (Lipinski definition) is 2. The van der Waals surface area contributed by atoms with Gasteiger partial charge in [-0.3, -0.25) is 0 Å². The lowest BCUT2D eigenvalue weighted by molar-refractivity contribution is 0.342. The van der Waals surface area contributed by atoms with E-state index < -0.39 is 0 Å². The van der Waals surface area contributed by atoms with Gasteiger partial charge in [0.05, 0.1) is 21.9 Å². The first-order valence-electron chi connectivity index (χ1n) is 8.54. The summed E-state index contributed by atoms with van der Waals surface area (Å²) in [6, 6.07) is 6.13. The maximum absolute atomic E-state index is 6.28. The van der Waals surface area contributed by atoms with Gasteiger partial charge in [0.25, 0.3) is 0 Å². The van der Waals surface area contributed by atoms with Crippen LogP contribution >= 0.6 is 35.0 Å². The van der Waals surface area contributed by atoms with Gasteiger partial charge in [0.2, 0.25) is 0 Å². The molecule has 0 spiro atoms. The summed E-state index contributed by atoms with van der Waals surface area (Å²) in [6.45, 7) is 4.18. The molecular formula is C18H20Cl2N4S. The Morgan fingerprint density at radius 2 is 1.96 bits per heavy atom. The number of benzene rings is 1. The number of aryl methyl sites for hydroxylation is 1. The van der Waals surface area contributed by atoms with E-state index in [0.29, 0.717) is 27.9 Å². The van der Waals surface area contributed by atoms with Crippen molar-refractivity contribution in [2.24, 2.45) is 11.8 Å². The normalized spacial score (nSPS) is 25.2. The fourth-order valence-corrected chi connectivity index (χ4v) is 5.12. The summed E-state index contributed by atoms with van der Waals surface area (Å²) in [7, 11) is 0. The minimum atomic E-state index is 0.510. The van der Waals surface area contributed by atoms with E-state index in [-0.39, 0.29) is 0 Å². The summed E-state index contributed by atoms with van der Waals surface area (Å²) < 4.78 is 0. The first-order chi connectivity index (χ1) is 12.1. The Morgan fingerprint density at radius 1 is 1.20 bits per heavy atom. The van der Waals surface area contributed by atoms with Gasteiger partial charge < -0.3 is 10.6 Å². The van der Waals surface area contributed by atoms with E-state index >= 15 is 0 Å². The number of fused-ring (bicyclic) bond motifs is 2. The minimum absolute atomic E-state index is 0.510. The fraction of sp³-hybridized carbons (Fsp3) is 0.444. The Balaban J connectivity index is 1.50. The van der Waals surface area contributed by atoms with Crippen LogP contribution in [0.15, 0.2) is 34.3 Å². The van der Waals surface area contributed by atoms with Gasteiger partial charge in [-0.1, -0.05) is 41.0 Å². The van der Waals surface area contributed by atoms with Crippen LogP contribution in [0.5, 0.6) is 0 Å². The number of nitrogens with one attached hydrogen (secondary N) is 2. The van der Waals surface area contributed by atoms with Crippen LogP contribution in [-0.4, -0.2) is 29.1 Å². The fourth-order valence-electron chi connectivity index (χ4n) is 3.80. The average molecular weight is 395 g/mol. The predicted molar refractivity (Wildman–Crippen MR) is 104 cm³/mol. The smallest absolute Gasteiger partial charge is 0.145 e. The predicted octanol–water partition coefficient (Wildman–Crippen LogP) is 4.65. The molecule has 0 radical (unpaired) electrons. The average Bonchev–Trinajstić information content (AvgIpc) is 2.81. The number of anilines is 1. The van der Waals surface area contributed by atoms with E-state index in [0.717, 1.165) is 34.5 Å². The molecule has 2 aliphatic rings. The first-order valence-corrected chi connectivity index (χ1v) is 10.1. The van der Waals surface area contributed by atoms with Crippen molar-refractivity contribution < 1.29 is 0 Å². The third-order valence-corrected chi connectivity index (χ3v) is 7.16. The van der Waals surface area contributed by atoms with Crippen LogP contribution in [0.1, 0.15) is 18.5 Å². The molecule has 2 fully saturated rings. The van der Waals surface area contributed by atoms with E-state index in [9.17, 15) is 0 Å². The van der Waals surface area contributed by atoms with E-state index in [1.54, 1.807) is 6.07 Å². The van der Waals surface area contributed by atoms with Crippen LogP contribution in [0.2, 0.25) is 10.0 Å². The van der Waals surface area contributed by atoms with E-state index in [4.69, 9.17) is 28.2 Å². The molecule has 1 aliphatic heterocycles. The maximum atomic E-state index is 6.28. The molecule has 2 unspecified atom stereocenters. The van der Waals surface area contributed by atoms with E-state index in [2.05, 4.69) is 15.6 Å². The second-order valence-corrected chi connectivity index (χ2v) is 8.54. The van der Waals surface area contributed by atoms with Crippen LogP contribution in [0.4, 0.5) is 5.82 Å². The molecule has 2 bridgehead atoms. The van der Waals surface area contributed by atoms with Crippen molar-refractivity contribution in [1.82, 2.24) is 15.3 Å². The third kappa shape index (κ3) is 3.61. The quantitative estimate of drug-likeness (QED) is 0.789. The first kappa shape index (κ1) is 17.4. The highest BCUT2D eigenvalue weighted by atomic mass is 35.5. The SMILES string of the molecule is Cc1nc(NC2C3CCC2CNC3)cnc1Sc1cccc(Cl)c1Cl. The van der Waals surface area contributed by atoms with Gasteiger partial charge in [0.1, 0.15) is 10.8 Å². The van der Waals surface area contributed by atoms with Gasteiger partial charge in [-0.05, 0) is 56.8 Å². The van der Waals surface area contributed by atoms with Crippen molar-refractivity contribution in [3.8, 4) is 0 Å². The molecule has 1 aliphatic carbocycles. The number of piperidine rings is 1. The summed E-state index contributed by atoms with van der Waals surface area (Å²) in [5.74, 6) is 2.25. The van der Waals surface area contributed by atoms with Crippen LogP contribution in [0, 0.1) is 18.8 Å². The summed E-state index contributed by atoms with van der Waals surface area (Å²) in [4.78, 5) is 10.2. The van der Waals surface area contributed by atoms with Gasteiger partial charge in [-0.25, -0.2) is 9.97 Å². The summed E-state index contributed by atoms with van der Waals surface area (Å²) in [5.41, 5.74) is 0.896. The van der Waals surface area contributed by atoms with Crippen LogP contribution < -0.4 is 10.6 Å². The van der Waals surface area contributed by atoms with Gasteiger partial charge in [0.15, 0.2) is 0 Å². The number of nitrogens with zero attached hydrogens (tertiary/aromatic N) is 2. The summed E-state index contributed by atoms with van der Waals surface area (Å²) >= 11 is 13.9. The molecule has 1 saturated carbocycles. The molecule has 2 N–H and O–H groups in total. The van der Waals surface area contributed by atoms with Crippen LogP contribution in [0.3, 0.4) is 0 Å². The molecule has 7 heteroatoms. The molecule has 132 valence electrons. The third-order valence-electron chi connectivity index (χ3n) is 5.08. The van der Waals surface area contributed by atoms with Crippen molar-refractivity contribution in [1.29, 1.82) is 0 Å². The summed E-state index contributed by atoms with van der Waals surface area (Å²) in [5, 5.41) is 9.10.